The van der Waals surface area contributed by atoms with Crippen LogP contribution in [0.15, 0.2) is 36.5 Å². The van der Waals surface area contributed by atoms with Crippen LogP contribution in [0, 0.1) is 5.92 Å². The highest BCUT2D eigenvalue weighted by Crippen LogP contribution is 2.26. The Morgan fingerprint density at radius 2 is 2.10 bits per heavy atom. The van der Waals surface area contributed by atoms with E-state index < -0.39 is 5.97 Å². The molecule has 3 rings (SSSR count). The Labute approximate surface area is 122 Å². The molecule has 2 aromatic rings. The zero-order valence-corrected chi connectivity index (χ0v) is 11.5. The quantitative estimate of drug-likeness (QED) is 0.905. The van der Waals surface area contributed by atoms with E-state index in [0.717, 1.165) is 17.3 Å². The Balaban J connectivity index is 1.71. The van der Waals surface area contributed by atoms with Crippen LogP contribution >= 0.6 is 0 Å². The van der Waals surface area contributed by atoms with Gasteiger partial charge in [-0.15, -0.1) is 0 Å². The smallest absolute Gasteiger partial charge is 0.306 e. The average Bonchev–Trinajstić information content (AvgIpc) is 2.95. The Morgan fingerprint density at radius 3 is 2.86 bits per heavy atom. The van der Waals surface area contributed by atoms with Gasteiger partial charge < -0.3 is 10.4 Å². The van der Waals surface area contributed by atoms with Crippen LogP contribution in [0.3, 0.4) is 0 Å². The van der Waals surface area contributed by atoms with E-state index in [-0.39, 0.29) is 17.9 Å². The molecule has 0 radical (unpaired) electrons. The lowest BCUT2D eigenvalue weighted by atomic mass is 10.1. The molecule has 1 amide bonds. The van der Waals surface area contributed by atoms with E-state index in [0.29, 0.717) is 18.4 Å². The molecule has 2 atom stereocenters. The van der Waals surface area contributed by atoms with E-state index in [9.17, 15) is 9.59 Å². The number of amides is 1. The minimum absolute atomic E-state index is 0.0526. The number of nitrogens with one attached hydrogen (secondary N) is 1. The second-order valence-electron chi connectivity index (χ2n) is 5.43. The van der Waals surface area contributed by atoms with E-state index in [1.807, 2.05) is 18.2 Å². The van der Waals surface area contributed by atoms with Crippen LogP contribution < -0.4 is 5.32 Å². The van der Waals surface area contributed by atoms with Crippen molar-refractivity contribution in [3.8, 4) is 0 Å². The van der Waals surface area contributed by atoms with Crippen molar-refractivity contribution in [2.24, 2.45) is 5.92 Å². The number of aliphatic carboxylic acids is 1. The molecule has 1 aliphatic rings. The summed E-state index contributed by atoms with van der Waals surface area (Å²) in [6.45, 7) is 0. The van der Waals surface area contributed by atoms with Gasteiger partial charge in [0, 0.05) is 23.2 Å². The molecule has 1 aliphatic carbocycles. The van der Waals surface area contributed by atoms with E-state index in [4.69, 9.17) is 5.11 Å². The molecule has 108 valence electrons. The SMILES string of the molecule is O=C(N[C@H]1CC[C@H](C(=O)O)C1)c1ccc2ncccc2c1. The molecule has 0 aliphatic heterocycles. The Kier molecular flexibility index (Phi) is 3.56. The van der Waals surface area contributed by atoms with Crippen molar-refractivity contribution in [1.29, 1.82) is 0 Å². The number of hydrogen-bond acceptors (Lipinski definition) is 3. The first-order chi connectivity index (χ1) is 10.1. The average molecular weight is 284 g/mol. The van der Waals surface area contributed by atoms with Crippen molar-refractivity contribution in [2.75, 3.05) is 0 Å². The molecule has 1 aromatic carbocycles. The van der Waals surface area contributed by atoms with Crippen molar-refractivity contribution in [2.45, 2.75) is 25.3 Å². The van der Waals surface area contributed by atoms with Crippen molar-refractivity contribution in [3.05, 3.63) is 42.1 Å². The topological polar surface area (TPSA) is 79.3 Å². The summed E-state index contributed by atoms with van der Waals surface area (Å²) in [5.41, 5.74) is 1.43. The minimum Gasteiger partial charge on any atom is -0.481 e. The number of carboxylic acids is 1. The largest absolute Gasteiger partial charge is 0.481 e. The molecule has 1 fully saturated rings. The number of pyridine rings is 1. The lowest BCUT2D eigenvalue weighted by Crippen LogP contribution is -2.33. The molecule has 1 aromatic heterocycles. The first-order valence-electron chi connectivity index (χ1n) is 7.02. The van der Waals surface area contributed by atoms with Gasteiger partial charge in [0.15, 0.2) is 0 Å². The van der Waals surface area contributed by atoms with Gasteiger partial charge in [-0.25, -0.2) is 0 Å². The normalized spacial score (nSPS) is 21.3. The Hall–Kier alpha value is -2.43. The fourth-order valence-corrected chi connectivity index (χ4v) is 2.82. The number of benzene rings is 1. The highest BCUT2D eigenvalue weighted by molar-refractivity contribution is 5.98. The molecule has 21 heavy (non-hydrogen) atoms. The number of carbonyl (C=O) groups excluding carboxylic acids is 1. The number of carbonyl (C=O) groups is 2. The van der Waals surface area contributed by atoms with Gasteiger partial charge in [-0.2, -0.15) is 0 Å². The maximum absolute atomic E-state index is 12.2. The van der Waals surface area contributed by atoms with Crippen molar-refractivity contribution in [1.82, 2.24) is 10.3 Å². The summed E-state index contributed by atoms with van der Waals surface area (Å²) in [5.74, 6) is -1.27. The van der Waals surface area contributed by atoms with Gasteiger partial charge in [-0.3, -0.25) is 14.6 Å². The van der Waals surface area contributed by atoms with Crippen LogP contribution in [0.25, 0.3) is 10.9 Å². The van der Waals surface area contributed by atoms with Crippen molar-refractivity contribution >= 4 is 22.8 Å². The van der Waals surface area contributed by atoms with Gasteiger partial charge in [0.05, 0.1) is 11.4 Å². The fourth-order valence-electron chi connectivity index (χ4n) is 2.82. The molecular weight excluding hydrogens is 268 g/mol. The molecule has 0 spiro atoms. The van der Waals surface area contributed by atoms with Gasteiger partial charge in [0.25, 0.3) is 5.91 Å². The Morgan fingerprint density at radius 1 is 1.24 bits per heavy atom. The standard InChI is InChI=1S/C16H16N2O3/c19-15(18-13-5-3-12(9-13)16(20)21)11-4-6-14-10(8-11)2-1-7-17-14/h1-2,4,6-8,12-13H,3,5,9H2,(H,18,19)(H,20,21)/t12-,13-/m0/s1. The maximum atomic E-state index is 12.2. The third kappa shape index (κ3) is 2.86. The fraction of sp³-hybridized carbons (Fsp3) is 0.312. The minimum atomic E-state index is -0.775. The second-order valence-corrected chi connectivity index (χ2v) is 5.43. The predicted octanol–water partition coefficient (Wildman–Crippen LogP) is 2.22. The molecule has 5 nitrogen and oxygen atoms in total. The highest BCUT2D eigenvalue weighted by atomic mass is 16.4. The number of hydrogen-bond donors (Lipinski definition) is 2. The Bertz CT molecular complexity index is 699. The molecule has 1 heterocycles. The molecule has 1 saturated carbocycles. The van der Waals surface area contributed by atoms with Crippen LogP contribution in [-0.2, 0) is 4.79 Å². The monoisotopic (exact) mass is 284 g/mol. The molecular formula is C16H16N2O3. The third-order valence-corrected chi connectivity index (χ3v) is 3.98. The summed E-state index contributed by atoms with van der Waals surface area (Å²) in [5, 5.41) is 12.8. The molecule has 0 unspecified atom stereocenters. The third-order valence-electron chi connectivity index (χ3n) is 3.98. The van der Waals surface area contributed by atoms with Gasteiger partial charge in [0.2, 0.25) is 0 Å². The van der Waals surface area contributed by atoms with Crippen molar-refractivity contribution in [3.63, 3.8) is 0 Å². The second kappa shape index (κ2) is 5.52. The molecule has 0 bridgehead atoms. The van der Waals surface area contributed by atoms with Crippen LogP contribution in [0.1, 0.15) is 29.6 Å². The summed E-state index contributed by atoms with van der Waals surface area (Å²) >= 11 is 0. The summed E-state index contributed by atoms with van der Waals surface area (Å²) in [6, 6.07) is 9.06. The van der Waals surface area contributed by atoms with E-state index in [2.05, 4.69) is 10.3 Å². The maximum Gasteiger partial charge on any atom is 0.306 e. The van der Waals surface area contributed by atoms with Gasteiger partial charge in [-0.1, -0.05) is 6.07 Å². The number of nitrogens with zero attached hydrogens (tertiary/aromatic N) is 1. The molecule has 2 N–H and O–H groups in total. The summed E-state index contributed by atoms with van der Waals surface area (Å²) in [6.07, 6.45) is 3.57. The van der Waals surface area contributed by atoms with Crippen LogP contribution in [0.5, 0.6) is 0 Å². The van der Waals surface area contributed by atoms with Gasteiger partial charge >= 0.3 is 5.97 Å². The number of rotatable bonds is 3. The van der Waals surface area contributed by atoms with E-state index >= 15 is 0 Å². The van der Waals surface area contributed by atoms with Crippen LogP contribution in [0.2, 0.25) is 0 Å². The highest BCUT2D eigenvalue weighted by Gasteiger charge is 2.30. The van der Waals surface area contributed by atoms with Crippen LogP contribution in [0.4, 0.5) is 0 Å². The van der Waals surface area contributed by atoms with E-state index in [1.165, 1.54) is 0 Å². The van der Waals surface area contributed by atoms with Gasteiger partial charge in [-0.05, 0) is 43.5 Å². The van der Waals surface area contributed by atoms with E-state index in [1.54, 1.807) is 18.3 Å². The van der Waals surface area contributed by atoms with Crippen molar-refractivity contribution < 1.29 is 14.7 Å². The van der Waals surface area contributed by atoms with Gasteiger partial charge in [0.1, 0.15) is 0 Å². The molecule has 5 heteroatoms. The summed E-state index contributed by atoms with van der Waals surface area (Å²) < 4.78 is 0. The zero-order chi connectivity index (χ0) is 14.8. The molecule has 0 saturated heterocycles. The first-order valence-corrected chi connectivity index (χ1v) is 7.02. The first kappa shape index (κ1) is 13.5. The summed E-state index contributed by atoms with van der Waals surface area (Å²) in [4.78, 5) is 27.4. The number of aromatic nitrogens is 1. The zero-order valence-electron chi connectivity index (χ0n) is 11.5. The lowest BCUT2D eigenvalue weighted by Gasteiger charge is -2.12. The lowest BCUT2D eigenvalue weighted by molar-refractivity contribution is -0.141. The summed E-state index contributed by atoms with van der Waals surface area (Å²) in [7, 11) is 0. The number of carboxylic acid groups (broad SMARTS) is 1. The number of fused-ring (bicyclic) bond motifs is 1. The predicted molar refractivity (Wildman–Crippen MR) is 78.0 cm³/mol. The van der Waals surface area contributed by atoms with Crippen LogP contribution in [-0.4, -0.2) is 28.0 Å².